The van der Waals surface area contributed by atoms with Crippen molar-refractivity contribution in [2.75, 3.05) is 11.4 Å². The van der Waals surface area contributed by atoms with Gasteiger partial charge in [0.15, 0.2) is 5.13 Å². The third kappa shape index (κ3) is 3.05. The molecule has 2 aromatic rings. The second kappa shape index (κ2) is 5.93. The second-order valence-corrected chi connectivity index (χ2v) is 4.90. The van der Waals surface area contributed by atoms with Crippen molar-refractivity contribution in [1.82, 2.24) is 9.97 Å². The number of pyridine rings is 1. The molecule has 0 radical (unpaired) electrons. The predicted octanol–water partition coefficient (Wildman–Crippen LogP) is 2.62. The van der Waals surface area contributed by atoms with Gasteiger partial charge < -0.3 is 10.0 Å². The van der Waals surface area contributed by atoms with Gasteiger partial charge in [-0.3, -0.25) is 4.98 Å². The van der Waals surface area contributed by atoms with Gasteiger partial charge in [-0.05, 0) is 26.0 Å². The smallest absolute Gasteiger partial charge is 0.185 e. The number of aromatic nitrogens is 2. The highest BCUT2D eigenvalue weighted by molar-refractivity contribution is 7.13. The first-order valence-electron chi connectivity index (χ1n) is 5.99. The van der Waals surface area contributed by atoms with E-state index >= 15 is 0 Å². The van der Waals surface area contributed by atoms with E-state index in [1.807, 2.05) is 23.6 Å². The van der Waals surface area contributed by atoms with Crippen LogP contribution in [-0.4, -0.2) is 21.6 Å². The zero-order valence-corrected chi connectivity index (χ0v) is 11.4. The van der Waals surface area contributed by atoms with E-state index < -0.39 is 6.10 Å². The highest BCUT2D eigenvalue weighted by Crippen LogP contribution is 2.24. The summed E-state index contributed by atoms with van der Waals surface area (Å²) in [4.78, 5) is 10.9. The maximum Gasteiger partial charge on any atom is 0.185 e. The van der Waals surface area contributed by atoms with Gasteiger partial charge in [0, 0.05) is 18.1 Å². The van der Waals surface area contributed by atoms with Gasteiger partial charge >= 0.3 is 0 Å². The van der Waals surface area contributed by atoms with E-state index in [2.05, 4.69) is 21.8 Å². The van der Waals surface area contributed by atoms with Crippen LogP contribution in [0.3, 0.4) is 0 Å². The van der Waals surface area contributed by atoms with Gasteiger partial charge in [0.05, 0.1) is 24.0 Å². The van der Waals surface area contributed by atoms with Gasteiger partial charge in [0.1, 0.15) is 0 Å². The van der Waals surface area contributed by atoms with E-state index in [1.165, 1.54) is 0 Å². The summed E-state index contributed by atoms with van der Waals surface area (Å²) in [5.41, 5.74) is 1.75. The molecule has 0 aliphatic carbocycles. The average Bonchev–Trinajstić information content (AvgIpc) is 2.87. The predicted molar refractivity (Wildman–Crippen MR) is 73.7 cm³/mol. The number of hydrogen-bond acceptors (Lipinski definition) is 5. The Morgan fingerprint density at radius 1 is 1.44 bits per heavy atom. The van der Waals surface area contributed by atoms with Crippen LogP contribution in [0.4, 0.5) is 5.13 Å². The maximum absolute atomic E-state index is 9.49. The fraction of sp³-hybridized carbons (Fsp3) is 0.385. The Balaban J connectivity index is 2.13. The van der Waals surface area contributed by atoms with Gasteiger partial charge in [-0.25, -0.2) is 4.98 Å². The average molecular weight is 263 g/mol. The largest absolute Gasteiger partial charge is 0.387 e. The Morgan fingerprint density at radius 2 is 2.28 bits per heavy atom. The van der Waals surface area contributed by atoms with E-state index in [1.54, 1.807) is 24.5 Å². The number of thiazole rings is 1. The van der Waals surface area contributed by atoms with Crippen molar-refractivity contribution < 1.29 is 5.11 Å². The standard InChI is InChI=1S/C13H17N3OS/c1-3-16(8-11-6-4-5-7-14-11)13-15-12(9-18-13)10(2)17/h4-7,9-10,17H,3,8H2,1-2H3. The van der Waals surface area contributed by atoms with E-state index in [9.17, 15) is 5.11 Å². The summed E-state index contributed by atoms with van der Waals surface area (Å²) in [6, 6.07) is 5.90. The normalized spacial score (nSPS) is 12.4. The SMILES string of the molecule is CCN(Cc1ccccn1)c1nc(C(C)O)cs1. The molecule has 18 heavy (non-hydrogen) atoms. The van der Waals surface area contributed by atoms with Crippen molar-refractivity contribution in [1.29, 1.82) is 0 Å². The van der Waals surface area contributed by atoms with E-state index in [-0.39, 0.29) is 0 Å². The summed E-state index contributed by atoms with van der Waals surface area (Å²) < 4.78 is 0. The third-order valence-electron chi connectivity index (χ3n) is 2.67. The van der Waals surface area contributed by atoms with Crippen molar-refractivity contribution in [3.05, 3.63) is 41.2 Å². The molecule has 0 aromatic carbocycles. The zero-order valence-electron chi connectivity index (χ0n) is 10.6. The molecule has 0 saturated carbocycles. The number of aliphatic hydroxyl groups is 1. The summed E-state index contributed by atoms with van der Waals surface area (Å²) in [7, 11) is 0. The van der Waals surface area contributed by atoms with E-state index in [4.69, 9.17) is 0 Å². The summed E-state index contributed by atoms with van der Waals surface area (Å²) in [5.74, 6) is 0. The van der Waals surface area contributed by atoms with Crippen LogP contribution < -0.4 is 4.90 Å². The minimum Gasteiger partial charge on any atom is -0.387 e. The molecule has 0 aliphatic rings. The molecule has 1 atom stereocenters. The zero-order chi connectivity index (χ0) is 13.0. The molecule has 0 bridgehead atoms. The molecule has 2 aromatic heterocycles. The molecular weight excluding hydrogens is 246 g/mol. The molecule has 1 unspecified atom stereocenters. The van der Waals surface area contributed by atoms with Crippen molar-refractivity contribution in [3.8, 4) is 0 Å². The molecule has 0 saturated heterocycles. The quantitative estimate of drug-likeness (QED) is 0.901. The Bertz CT molecular complexity index is 484. The van der Waals surface area contributed by atoms with Crippen LogP contribution in [0.1, 0.15) is 31.3 Å². The highest BCUT2D eigenvalue weighted by atomic mass is 32.1. The number of rotatable bonds is 5. The molecule has 4 nitrogen and oxygen atoms in total. The maximum atomic E-state index is 9.49. The van der Waals surface area contributed by atoms with Crippen LogP contribution in [0.15, 0.2) is 29.8 Å². The molecule has 0 amide bonds. The lowest BCUT2D eigenvalue weighted by atomic mass is 10.3. The van der Waals surface area contributed by atoms with Crippen LogP contribution in [0.2, 0.25) is 0 Å². The van der Waals surface area contributed by atoms with Crippen molar-refractivity contribution in [2.45, 2.75) is 26.5 Å². The fourth-order valence-electron chi connectivity index (χ4n) is 1.62. The first-order valence-corrected chi connectivity index (χ1v) is 6.87. The first-order chi connectivity index (χ1) is 8.70. The fourth-order valence-corrected chi connectivity index (χ4v) is 2.59. The molecule has 5 heteroatoms. The lowest BCUT2D eigenvalue weighted by Crippen LogP contribution is -2.22. The minimum atomic E-state index is -0.511. The summed E-state index contributed by atoms with van der Waals surface area (Å²) >= 11 is 1.56. The van der Waals surface area contributed by atoms with Gasteiger partial charge in [0.2, 0.25) is 0 Å². The summed E-state index contributed by atoms with van der Waals surface area (Å²) in [5, 5.41) is 12.3. The monoisotopic (exact) mass is 263 g/mol. The van der Waals surface area contributed by atoms with Crippen LogP contribution in [0, 0.1) is 0 Å². The highest BCUT2D eigenvalue weighted by Gasteiger charge is 2.12. The number of aliphatic hydroxyl groups excluding tert-OH is 1. The number of hydrogen-bond donors (Lipinski definition) is 1. The molecule has 0 aliphatic heterocycles. The van der Waals surface area contributed by atoms with Gasteiger partial charge in [-0.15, -0.1) is 11.3 Å². The molecule has 0 fully saturated rings. The van der Waals surface area contributed by atoms with Crippen LogP contribution in [0.5, 0.6) is 0 Å². The number of anilines is 1. The van der Waals surface area contributed by atoms with Crippen molar-refractivity contribution in [3.63, 3.8) is 0 Å². The number of nitrogens with zero attached hydrogens (tertiary/aromatic N) is 3. The Hall–Kier alpha value is -1.46. The first kappa shape index (κ1) is 13.0. The molecule has 1 N–H and O–H groups in total. The molecule has 2 rings (SSSR count). The van der Waals surface area contributed by atoms with E-state index in [0.29, 0.717) is 0 Å². The lowest BCUT2D eigenvalue weighted by Gasteiger charge is -2.19. The van der Waals surface area contributed by atoms with Gasteiger partial charge in [0.25, 0.3) is 0 Å². The van der Waals surface area contributed by atoms with Crippen LogP contribution >= 0.6 is 11.3 Å². The second-order valence-electron chi connectivity index (χ2n) is 4.07. The lowest BCUT2D eigenvalue weighted by molar-refractivity contribution is 0.195. The van der Waals surface area contributed by atoms with E-state index in [0.717, 1.165) is 29.6 Å². The van der Waals surface area contributed by atoms with Crippen molar-refractivity contribution in [2.24, 2.45) is 0 Å². The third-order valence-corrected chi connectivity index (χ3v) is 3.59. The Labute approximate surface area is 111 Å². The molecular formula is C13H17N3OS. The van der Waals surface area contributed by atoms with Gasteiger partial charge in [-0.1, -0.05) is 6.07 Å². The molecule has 2 heterocycles. The summed E-state index contributed by atoms with van der Waals surface area (Å²) in [6.45, 7) is 5.42. The molecule has 0 spiro atoms. The van der Waals surface area contributed by atoms with Crippen LogP contribution in [0.25, 0.3) is 0 Å². The minimum absolute atomic E-state index is 0.511. The molecule has 96 valence electrons. The van der Waals surface area contributed by atoms with Crippen molar-refractivity contribution >= 4 is 16.5 Å². The Kier molecular flexibility index (Phi) is 4.28. The Morgan fingerprint density at radius 3 is 2.83 bits per heavy atom. The van der Waals surface area contributed by atoms with Gasteiger partial charge in [-0.2, -0.15) is 0 Å². The summed E-state index contributed by atoms with van der Waals surface area (Å²) in [6.07, 6.45) is 1.29. The van der Waals surface area contributed by atoms with Crippen LogP contribution in [-0.2, 0) is 6.54 Å². The topological polar surface area (TPSA) is 49.2 Å².